The third-order valence-corrected chi connectivity index (χ3v) is 3.65. The number of hydrogen-bond donors (Lipinski definition) is 1. The average molecular weight is 322 g/mol. The van der Waals surface area contributed by atoms with Crippen molar-refractivity contribution in [1.82, 2.24) is 0 Å². The molecule has 24 heavy (non-hydrogen) atoms. The van der Waals surface area contributed by atoms with Crippen molar-refractivity contribution in [2.24, 2.45) is 0 Å². The Morgan fingerprint density at radius 2 is 1.67 bits per heavy atom. The molecule has 120 valence electrons. The van der Waals surface area contributed by atoms with Crippen molar-refractivity contribution in [1.29, 1.82) is 0 Å². The number of carbonyl (C=O) groups excluding carboxylic acids is 3. The number of Topliss-reactive ketones (excluding diaryl/α,β-unsaturated/α-hetero) is 2. The van der Waals surface area contributed by atoms with E-state index >= 15 is 0 Å². The Bertz CT molecular complexity index is 898. The number of nitrogens with one attached hydrogen (secondary N) is 1. The topological polar surface area (TPSA) is 95.5 Å². The number of ketones is 2. The maximum absolute atomic E-state index is 12.7. The maximum atomic E-state index is 12.7. The Kier molecular flexibility index (Phi) is 3.87. The van der Waals surface area contributed by atoms with Gasteiger partial charge in [0.25, 0.3) is 0 Å². The molecular formula is C18H12NO5-. The van der Waals surface area contributed by atoms with Crippen LogP contribution in [0.3, 0.4) is 0 Å². The predicted octanol–water partition coefficient (Wildman–Crippen LogP) is 1.40. The van der Waals surface area contributed by atoms with Gasteiger partial charge in [-0.05, 0) is 17.7 Å². The minimum absolute atomic E-state index is 0.0308. The minimum atomic E-state index is -1.34. The van der Waals surface area contributed by atoms with E-state index in [1.54, 1.807) is 30.3 Å². The molecule has 1 N–H and O–H groups in total. The summed E-state index contributed by atoms with van der Waals surface area (Å²) >= 11 is 0. The Hall–Kier alpha value is -3.41. The quantitative estimate of drug-likeness (QED) is 0.914. The van der Waals surface area contributed by atoms with Gasteiger partial charge in [0.05, 0.1) is 13.1 Å². The van der Waals surface area contributed by atoms with Crippen LogP contribution in [0.5, 0.6) is 0 Å². The fourth-order valence-corrected chi connectivity index (χ4v) is 2.53. The van der Waals surface area contributed by atoms with E-state index in [9.17, 15) is 19.5 Å². The van der Waals surface area contributed by atoms with Gasteiger partial charge >= 0.3 is 0 Å². The normalized spacial score (nSPS) is 13.5. The van der Waals surface area contributed by atoms with Crippen molar-refractivity contribution in [2.75, 3.05) is 12.4 Å². The van der Waals surface area contributed by atoms with Crippen LogP contribution in [0.4, 0.5) is 5.69 Å². The van der Waals surface area contributed by atoms with Gasteiger partial charge in [0.15, 0.2) is 5.76 Å². The fraction of sp³-hybridized carbons (Fsp3) is 0.0556. The van der Waals surface area contributed by atoms with Crippen LogP contribution in [0.25, 0.3) is 0 Å². The zero-order valence-electron chi connectivity index (χ0n) is 12.7. The third-order valence-electron chi connectivity index (χ3n) is 3.65. The Morgan fingerprint density at radius 1 is 1.00 bits per heavy atom. The molecule has 0 radical (unpaired) electrons. The second-order valence-corrected chi connectivity index (χ2v) is 5.11. The van der Waals surface area contributed by atoms with Crippen LogP contribution in [-0.2, 0) is 4.74 Å². The zero-order valence-corrected chi connectivity index (χ0v) is 12.7. The van der Waals surface area contributed by atoms with Gasteiger partial charge in [0.2, 0.25) is 11.6 Å². The van der Waals surface area contributed by atoms with E-state index in [4.69, 9.17) is 4.74 Å². The molecule has 0 bridgehead atoms. The van der Waals surface area contributed by atoms with E-state index in [0.29, 0.717) is 5.69 Å². The van der Waals surface area contributed by atoms with Gasteiger partial charge in [0, 0.05) is 16.8 Å². The molecule has 0 spiro atoms. The van der Waals surface area contributed by atoms with Crippen LogP contribution in [0.15, 0.2) is 60.0 Å². The van der Waals surface area contributed by atoms with Crippen molar-refractivity contribution >= 4 is 23.2 Å². The summed E-state index contributed by atoms with van der Waals surface area (Å²) in [6, 6.07) is 12.2. The second kappa shape index (κ2) is 6.00. The molecule has 2 aromatic rings. The maximum Gasteiger partial charge on any atom is 0.230 e. The predicted molar refractivity (Wildman–Crippen MR) is 83.5 cm³/mol. The molecule has 0 atom stereocenters. The van der Waals surface area contributed by atoms with E-state index < -0.39 is 17.5 Å². The summed E-state index contributed by atoms with van der Waals surface area (Å²) in [6.45, 7) is 0. The molecule has 2 aromatic carbocycles. The average Bonchev–Trinajstić information content (AvgIpc) is 2.60. The second-order valence-electron chi connectivity index (χ2n) is 5.11. The molecule has 0 fully saturated rings. The number of methoxy groups -OCH3 is 1. The van der Waals surface area contributed by atoms with Crippen LogP contribution in [0.2, 0.25) is 0 Å². The number of carboxylic acids is 1. The molecule has 0 aromatic heterocycles. The smallest absolute Gasteiger partial charge is 0.230 e. The van der Waals surface area contributed by atoms with Gasteiger partial charge in [0.1, 0.15) is 5.70 Å². The molecule has 0 saturated carbocycles. The number of ether oxygens (including phenoxy) is 1. The molecule has 0 amide bonds. The number of carboxylic acid groups (broad SMARTS) is 1. The highest BCUT2D eigenvalue weighted by molar-refractivity contribution is 6.27. The van der Waals surface area contributed by atoms with Crippen molar-refractivity contribution in [3.8, 4) is 0 Å². The first kappa shape index (κ1) is 15.5. The summed E-state index contributed by atoms with van der Waals surface area (Å²) in [5.41, 5.74) is 0.795. The van der Waals surface area contributed by atoms with Crippen molar-refractivity contribution in [3.05, 3.63) is 76.7 Å². The SMILES string of the molecule is COC1=C(Nc2cccc(C(=O)[O-])c2)C(=O)c2ccccc2C1=O. The first-order valence-electron chi connectivity index (χ1n) is 7.08. The van der Waals surface area contributed by atoms with Gasteiger partial charge in [-0.15, -0.1) is 0 Å². The Balaban J connectivity index is 2.06. The van der Waals surface area contributed by atoms with Crippen LogP contribution in [0.1, 0.15) is 31.1 Å². The minimum Gasteiger partial charge on any atom is -0.545 e. The van der Waals surface area contributed by atoms with Crippen molar-refractivity contribution in [3.63, 3.8) is 0 Å². The number of rotatable bonds is 4. The fourth-order valence-electron chi connectivity index (χ4n) is 2.53. The Labute approximate surface area is 137 Å². The molecule has 0 heterocycles. The number of aromatic carboxylic acids is 1. The van der Waals surface area contributed by atoms with Gasteiger partial charge in [-0.25, -0.2) is 0 Å². The standard InChI is InChI=1S/C18H13NO5/c1-24-17-14(19-11-6-4-5-10(9-11)18(22)23)15(20)12-7-2-3-8-13(12)16(17)21/h2-9,19H,1H3,(H,22,23)/p-1. The molecule has 1 aliphatic rings. The third kappa shape index (κ3) is 2.54. The van der Waals surface area contributed by atoms with Gasteiger partial charge in [-0.3, -0.25) is 9.59 Å². The van der Waals surface area contributed by atoms with Crippen molar-refractivity contribution in [2.45, 2.75) is 0 Å². The number of fused-ring (bicyclic) bond motifs is 1. The summed E-state index contributed by atoms with van der Waals surface area (Å²) in [6.07, 6.45) is 0. The first-order chi connectivity index (χ1) is 11.5. The van der Waals surface area contributed by atoms with Gasteiger partial charge < -0.3 is 20.0 Å². The van der Waals surface area contributed by atoms with Gasteiger partial charge in [-0.1, -0.05) is 36.4 Å². The molecule has 0 aliphatic heterocycles. The lowest BCUT2D eigenvalue weighted by Gasteiger charge is -2.21. The lowest BCUT2D eigenvalue weighted by Crippen LogP contribution is -2.27. The summed E-state index contributed by atoms with van der Waals surface area (Å²) in [5.74, 6) is -2.26. The van der Waals surface area contributed by atoms with Crippen LogP contribution in [-0.4, -0.2) is 24.6 Å². The van der Waals surface area contributed by atoms with Crippen LogP contribution in [0, 0.1) is 0 Å². The first-order valence-corrected chi connectivity index (χ1v) is 7.08. The van der Waals surface area contributed by atoms with Crippen LogP contribution >= 0.6 is 0 Å². The molecule has 6 heteroatoms. The molecular weight excluding hydrogens is 310 g/mol. The van der Waals surface area contributed by atoms with E-state index in [1.165, 1.54) is 25.3 Å². The molecule has 1 aliphatic carbocycles. The summed E-state index contributed by atoms with van der Waals surface area (Å²) < 4.78 is 5.11. The molecule has 0 unspecified atom stereocenters. The lowest BCUT2D eigenvalue weighted by molar-refractivity contribution is -0.255. The van der Waals surface area contributed by atoms with Crippen molar-refractivity contribution < 1.29 is 24.2 Å². The highest BCUT2D eigenvalue weighted by atomic mass is 16.5. The highest BCUT2D eigenvalue weighted by Crippen LogP contribution is 2.27. The number of carbonyl (C=O) groups is 3. The zero-order chi connectivity index (χ0) is 17.3. The number of hydrogen-bond acceptors (Lipinski definition) is 6. The monoisotopic (exact) mass is 322 g/mol. The largest absolute Gasteiger partial charge is 0.545 e. The molecule has 6 nitrogen and oxygen atoms in total. The summed E-state index contributed by atoms with van der Waals surface area (Å²) in [5, 5.41) is 13.7. The lowest BCUT2D eigenvalue weighted by atomic mass is 9.91. The number of allylic oxidation sites excluding steroid dienone is 2. The highest BCUT2D eigenvalue weighted by Gasteiger charge is 2.33. The number of benzene rings is 2. The number of anilines is 1. The molecule has 3 rings (SSSR count). The van der Waals surface area contributed by atoms with E-state index in [2.05, 4.69) is 5.32 Å². The Morgan fingerprint density at radius 3 is 2.29 bits per heavy atom. The molecule has 0 saturated heterocycles. The van der Waals surface area contributed by atoms with Crippen LogP contribution < -0.4 is 10.4 Å². The van der Waals surface area contributed by atoms with E-state index in [0.717, 1.165) is 0 Å². The summed E-state index contributed by atoms with van der Waals surface area (Å²) in [4.78, 5) is 36.1. The van der Waals surface area contributed by atoms with E-state index in [-0.39, 0.29) is 28.1 Å². The van der Waals surface area contributed by atoms with E-state index in [1.807, 2.05) is 0 Å². The van der Waals surface area contributed by atoms with Gasteiger partial charge in [-0.2, -0.15) is 0 Å². The summed E-state index contributed by atoms with van der Waals surface area (Å²) in [7, 11) is 1.30.